The summed E-state index contributed by atoms with van der Waals surface area (Å²) < 4.78 is 42.9. The van der Waals surface area contributed by atoms with Gasteiger partial charge in [-0.05, 0) is 42.4 Å². The number of rotatable bonds is 3. The molecule has 1 aromatic carbocycles. The van der Waals surface area contributed by atoms with Gasteiger partial charge in [0, 0.05) is 11.4 Å². The van der Waals surface area contributed by atoms with Crippen LogP contribution in [0, 0.1) is 6.92 Å². The molecule has 0 aliphatic carbocycles. The molecule has 1 heterocycles. The first-order valence-corrected chi connectivity index (χ1v) is 6.22. The number of hydrogen-bond acceptors (Lipinski definition) is 4. The zero-order valence-corrected chi connectivity index (χ0v) is 10.8. The van der Waals surface area contributed by atoms with Crippen LogP contribution in [0.5, 0.6) is 0 Å². The third kappa shape index (κ3) is 3.30. The van der Waals surface area contributed by atoms with E-state index in [-0.39, 0.29) is 6.54 Å². The van der Waals surface area contributed by atoms with Gasteiger partial charge in [0.1, 0.15) is 6.26 Å². The highest BCUT2D eigenvalue weighted by molar-refractivity contribution is 7.99. The summed E-state index contributed by atoms with van der Waals surface area (Å²) in [4.78, 5) is 4.69. The fraction of sp³-hybridized carbons (Fsp3) is 0.250. The van der Waals surface area contributed by atoms with Crippen LogP contribution in [-0.4, -0.2) is 4.98 Å². The first-order chi connectivity index (χ1) is 8.90. The van der Waals surface area contributed by atoms with E-state index in [0.29, 0.717) is 21.4 Å². The van der Waals surface area contributed by atoms with Gasteiger partial charge in [0.05, 0.1) is 11.3 Å². The monoisotopic (exact) mass is 288 g/mol. The van der Waals surface area contributed by atoms with Crippen molar-refractivity contribution in [3.05, 3.63) is 41.3 Å². The SMILES string of the molecule is Cc1coc(Sc2ccc(C(F)(F)F)cc2CN)n1. The normalized spacial score (nSPS) is 11.8. The quantitative estimate of drug-likeness (QED) is 0.937. The molecule has 0 atom stereocenters. The van der Waals surface area contributed by atoms with E-state index in [1.165, 1.54) is 12.3 Å². The fourth-order valence-electron chi connectivity index (χ4n) is 1.49. The lowest BCUT2D eigenvalue weighted by atomic mass is 10.1. The molecule has 7 heteroatoms. The zero-order valence-electron chi connectivity index (χ0n) is 9.99. The Bertz CT molecular complexity index is 581. The van der Waals surface area contributed by atoms with Gasteiger partial charge < -0.3 is 10.2 Å². The Labute approximate surface area is 112 Å². The summed E-state index contributed by atoms with van der Waals surface area (Å²) in [6, 6.07) is 3.46. The van der Waals surface area contributed by atoms with Gasteiger partial charge in [-0.3, -0.25) is 0 Å². The Balaban J connectivity index is 2.31. The molecule has 0 saturated heterocycles. The molecule has 19 heavy (non-hydrogen) atoms. The molecule has 0 unspecified atom stereocenters. The Hall–Kier alpha value is -1.47. The molecule has 0 aliphatic heterocycles. The van der Waals surface area contributed by atoms with Crippen LogP contribution in [0.1, 0.15) is 16.8 Å². The zero-order chi connectivity index (χ0) is 14.0. The second-order valence-electron chi connectivity index (χ2n) is 3.88. The van der Waals surface area contributed by atoms with Crippen molar-refractivity contribution in [1.82, 2.24) is 4.98 Å². The molecule has 0 aliphatic rings. The van der Waals surface area contributed by atoms with Crippen molar-refractivity contribution in [3.8, 4) is 0 Å². The van der Waals surface area contributed by atoms with E-state index >= 15 is 0 Å². The number of aromatic nitrogens is 1. The van der Waals surface area contributed by atoms with Crippen LogP contribution >= 0.6 is 11.8 Å². The summed E-state index contributed by atoms with van der Waals surface area (Å²) >= 11 is 1.15. The maximum Gasteiger partial charge on any atom is 0.416 e. The smallest absolute Gasteiger partial charge is 0.416 e. The molecule has 0 fully saturated rings. The van der Waals surface area contributed by atoms with E-state index in [0.717, 1.165) is 23.9 Å². The number of nitrogens with zero attached hydrogens (tertiary/aromatic N) is 1. The summed E-state index contributed by atoms with van der Waals surface area (Å²) in [5.74, 6) is 0. The predicted molar refractivity (Wildman–Crippen MR) is 64.7 cm³/mol. The summed E-state index contributed by atoms with van der Waals surface area (Å²) in [6.45, 7) is 1.79. The van der Waals surface area contributed by atoms with Gasteiger partial charge >= 0.3 is 6.18 Å². The van der Waals surface area contributed by atoms with Crippen LogP contribution in [0.4, 0.5) is 13.2 Å². The van der Waals surface area contributed by atoms with Gasteiger partial charge in [-0.25, -0.2) is 4.98 Å². The maximum atomic E-state index is 12.6. The van der Waals surface area contributed by atoms with Crippen molar-refractivity contribution in [2.45, 2.75) is 29.8 Å². The van der Waals surface area contributed by atoms with Gasteiger partial charge in [0.25, 0.3) is 5.22 Å². The van der Waals surface area contributed by atoms with Crippen LogP contribution in [0.2, 0.25) is 0 Å². The average Bonchev–Trinajstić information content (AvgIpc) is 2.74. The van der Waals surface area contributed by atoms with Crippen LogP contribution < -0.4 is 5.73 Å². The highest BCUT2D eigenvalue weighted by atomic mass is 32.2. The largest absolute Gasteiger partial charge is 0.439 e. The Morgan fingerprint density at radius 2 is 2.11 bits per heavy atom. The number of nitrogens with two attached hydrogens (primary N) is 1. The van der Waals surface area contributed by atoms with Crippen LogP contribution in [0.15, 0.2) is 39.0 Å². The molecule has 3 nitrogen and oxygen atoms in total. The maximum absolute atomic E-state index is 12.6. The van der Waals surface area contributed by atoms with E-state index in [2.05, 4.69) is 4.98 Å². The minimum Gasteiger partial charge on any atom is -0.439 e. The van der Waals surface area contributed by atoms with Gasteiger partial charge in [0.15, 0.2) is 0 Å². The molecule has 102 valence electrons. The molecule has 0 saturated carbocycles. The van der Waals surface area contributed by atoms with Gasteiger partial charge in [-0.2, -0.15) is 13.2 Å². The second-order valence-corrected chi connectivity index (χ2v) is 4.87. The first-order valence-electron chi connectivity index (χ1n) is 5.40. The molecular weight excluding hydrogens is 277 g/mol. The van der Waals surface area contributed by atoms with Gasteiger partial charge in [0.2, 0.25) is 0 Å². The predicted octanol–water partition coefficient (Wildman–Crippen LogP) is 3.61. The minimum absolute atomic E-state index is 0.0198. The van der Waals surface area contributed by atoms with Crippen molar-refractivity contribution in [3.63, 3.8) is 0 Å². The minimum atomic E-state index is -4.37. The number of halogens is 3. The molecule has 0 amide bonds. The fourth-order valence-corrected chi connectivity index (χ4v) is 2.37. The Morgan fingerprint density at radius 3 is 2.63 bits per heavy atom. The summed E-state index contributed by atoms with van der Waals surface area (Å²) in [5.41, 5.74) is 5.91. The number of hydrogen-bond donors (Lipinski definition) is 1. The van der Waals surface area contributed by atoms with E-state index in [9.17, 15) is 13.2 Å². The molecule has 0 radical (unpaired) electrons. The van der Waals surface area contributed by atoms with E-state index < -0.39 is 11.7 Å². The van der Waals surface area contributed by atoms with Crippen molar-refractivity contribution < 1.29 is 17.6 Å². The highest BCUT2D eigenvalue weighted by Gasteiger charge is 2.31. The number of alkyl halides is 3. The van der Waals surface area contributed by atoms with E-state index in [1.807, 2.05) is 0 Å². The lowest BCUT2D eigenvalue weighted by Crippen LogP contribution is -2.07. The number of benzene rings is 1. The molecule has 0 bridgehead atoms. The van der Waals surface area contributed by atoms with Gasteiger partial charge in [-0.15, -0.1) is 0 Å². The standard InChI is InChI=1S/C12H11F3N2OS/c1-7-6-18-11(17-7)19-10-3-2-9(12(13,14)15)4-8(10)5-16/h2-4,6H,5,16H2,1H3. The number of aryl methyl sites for hydroxylation is 1. The van der Waals surface area contributed by atoms with E-state index in [1.54, 1.807) is 6.92 Å². The third-order valence-electron chi connectivity index (χ3n) is 2.40. The third-order valence-corrected chi connectivity index (χ3v) is 3.38. The summed E-state index contributed by atoms with van der Waals surface area (Å²) in [5, 5.41) is 0.381. The molecule has 1 aromatic heterocycles. The van der Waals surface area contributed by atoms with Crippen molar-refractivity contribution in [2.75, 3.05) is 0 Å². The highest BCUT2D eigenvalue weighted by Crippen LogP contribution is 2.35. The summed E-state index contributed by atoms with van der Waals surface area (Å²) in [6.07, 6.45) is -2.89. The number of oxazole rings is 1. The van der Waals surface area contributed by atoms with Gasteiger partial charge in [-0.1, -0.05) is 0 Å². The lowest BCUT2D eigenvalue weighted by molar-refractivity contribution is -0.137. The Morgan fingerprint density at radius 1 is 1.37 bits per heavy atom. The van der Waals surface area contributed by atoms with Crippen LogP contribution in [0.3, 0.4) is 0 Å². The van der Waals surface area contributed by atoms with Crippen molar-refractivity contribution in [1.29, 1.82) is 0 Å². The van der Waals surface area contributed by atoms with Crippen molar-refractivity contribution in [2.24, 2.45) is 5.73 Å². The average molecular weight is 288 g/mol. The lowest BCUT2D eigenvalue weighted by Gasteiger charge is -2.11. The molecule has 2 aromatic rings. The van der Waals surface area contributed by atoms with Crippen LogP contribution in [-0.2, 0) is 12.7 Å². The second kappa shape index (κ2) is 5.26. The van der Waals surface area contributed by atoms with Crippen LogP contribution in [0.25, 0.3) is 0 Å². The molecule has 2 rings (SSSR count). The first kappa shape index (κ1) is 14.0. The molecular formula is C12H11F3N2OS. The van der Waals surface area contributed by atoms with E-state index in [4.69, 9.17) is 10.2 Å². The molecule has 0 spiro atoms. The van der Waals surface area contributed by atoms with Crippen molar-refractivity contribution >= 4 is 11.8 Å². The Kier molecular flexibility index (Phi) is 3.86. The molecule has 2 N–H and O–H groups in total. The summed E-state index contributed by atoms with van der Waals surface area (Å²) in [7, 11) is 0. The topological polar surface area (TPSA) is 52.0 Å².